The zero-order valence-corrected chi connectivity index (χ0v) is 46.4. The third kappa shape index (κ3) is 17.3. The van der Waals surface area contributed by atoms with Gasteiger partial charge >= 0.3 is 16.4 Å². The maximum absolute atomic E-state index is 13.3. The van der Waals surface area contributed by atoms with Crippen molar-refractivity contribution >= 4 is 34.1 Å². The Morgan fingerprint density at radius 1 is 0.600 bits per heavy atom. The molecular formula is C45H77N3O36S. The summed E-state index contributed by atoms with van der Waals surface area (Å²) in [6.45, 7) is -3.42. The Labute approximate surface area is 481 Å². The van der Waals surface area contributed by atoms with Crippen LogP contribution >= 0.6 is 0 Å². The second kappa shape index (κ2) is 30.9. The zero-order chi connectivity index (χ0) is 63.9. The molecule has 5 rings (SSSR count). The van der Waals surface area contributed by atoms with Gasteiger partial charge in [0.2, 0.25) is 17.7 Å². The summed E-state index contributed by atoms with van der Waals surface area (Å²) in [6.07, 6.45) is -58.9. The van der Waals surface area contributed by atoms with Crippen molar-refractivity contribution in [2.24, 2.45) is 0 Å². The number of hydrogen-bond donors (Lipinski definition) is 22. The monoisotopic (exact) mass is 1270 g/mol. The molecule has 0 aromatic carbocycles. The lowest BCUT2D eigenvalue weighted by Crippen LogP contribution is -2.72. The van der Waals surface area contributed by atoms with Crippen molar-refractivity contribution < 1.29 is 176 Å². The second-order valence-corrected chi connectivity index (χ2v) is 21.8. The Morgan fingerprint density at radius 2 is 1.12 bits per heavy atom. The minimum absolute atomic E-state index is 0.846. The summed E-state index contributed by atoms with van der Waals surface area (Å²) in [6, 6.07) is -5.59. The zero-order valence-electron chi connectivity index (χ0n) is 45.5. The first-order chi connectivity index (χ1) is 39.7. The number of aliphatic hydroxyl groups is 17. The fourth-order valence-electron chi connectivity index (χ4n) is 10.1. The fourth-order valence-corrected chi connectivity index (χ4v) is 10.4. The number of aliphatic carboxylic acids is 1. The Hall–Kier alpha value is -3.33. The molecule has 5 saturated heterocycles. The van der Waals surface area contributed by atoms with Crippen molar-refractivity contribution in [3.63, 3.8) is 0 Å². The van der Waals surface area contributed by atoms with Gasteiger partial charge in [-0.15, -0.1) is 0 Å². The van der Waals surface area contributed by atoms with Crippen LogP contribution in [0.4, 0.5) is 0 Å². The van der Waals surface area contributed by atoms with Gasteiger partial charge in [-0.05, 0) is 6.92 Å². The number of carbonyl (C=O) groups excluding carboxylic acids is 3. The van der Waals surface area contributed by atoms with Crippen LogP contribution in [0.1, 0.15) is 34.1 Å². The first-order valence-electron chi connectivity index (χ1n) is 26.2. The summed E-state index contributed by atoms with van der Waals surface area (Å²) in [5.74, 6) is -8.34. The molecule has 0 radical (unpaired) electrons. The molecule has 0 spiro atoms. The van der Waals surface area contributed by atoms with Crippen LogP contribution in [0.15, 0.2) is 0 Å². The Balaban J connectivity index is 1.64. The lowest BCUT2D eigenvalue weighted by Gasteiger charge is -2.52. The Kier molecular flexibility index (Phi) is 26.3. The summed E-state index contributed by atoms with van der Waals surface area (Å²) >= 11 is 0. The molecule has 22 N–H and O–H groups in total. The summed E-state index contributed by atoms with van der Waals surface area (Å²) in [7, 11) is -5.59. The number of ether oxygens (including phenoxy) is 10. The lowest BCUT2D eigenvalue weighted by molar-refractivity contribution is -0.397. The Morgan fingerprint density at radius 3 is 1.65 bits per heavy atom. The maximum atomic E-state index is 13.3. The van der Waals surface area contributed by atoms with Gasteiger partial charge in [0.1, 0.15) is 128 Å². The number of rotatable bonds is 27. The minimum Gasteiger partial charge on any atom is -0.477 e. The van der Waals surface area contributed by atoms with Crippen LogP contribution in [-0.2, 0) is 81.1 Å². The maximum Gasteiger partial charge on any atom is 0.397 e. The predicted octanol–water partition coefficient (Wildman–Crippen LogP) is -14.0. The van der Waals surface area contributed by atoms with Crippen LogP contribution in [0, 0.1) is 0 Å². The average Bonchev–Trinajstić information content (AvgIpc) is 3.08. The van der Waals surface area contributed by atoms with Gasteiger partial charge in [0.25, 0.3) is 5.79 Å². The number of nitrogens with one attached hydrogen (secondary N) is 3. The molecule has 0 saturated carbocycles. The van der Waals surface area contributed by atoms with Crippen molar-refractivity contribution in [3.05, 3.63) is 0 Å². The lowest BCUT2D eigenvalue weighted by atomic mass is 9.88. The van der Waals surface area contributed by atoms with E-state index in [9.17, 15) is 124 Å². The first-order valence-corrected chi connectivity index (χ1v) is 27.5. The van der Waals surface area contributed by atoms with E-state index in [4.69, 9.17) is 47.4 Å². The molecule has 0 aromatic rings. The quantitative estimate of drug-likeness (QED) is 0.0340. The van der Waals surface area contributed by atoms with Gasteiger partial charge in [0.05, 0.1) is 63.9 Å². The molecule has 494 valence electrons. The summed E-state index contributed by atoms with van der Waals surface area (Å²) in [5.41, 5.74) is 0. The molecule has 5 heterocycles. The van der Waals surface area contributed by atoms with E-state index in [1.54, 1.807) is 0 Å². The van der Waals surface area contributed by atoms with E-state index in [1.165, 1.54) is 6.92 Å². The van der Waals surface area contributed by atoms with Crippen LogP contribution in [0.2, 0.25) is 0 Å². The van der Waals surface area contributed by atoms with E-state index >= 15 is 0 Å². The molecule has 30 atom stereocenters. The third-order valence-electron chi connectivity index (χ3n) is 14.4. The van der Waals surface area contributed by atoms with Crippen LogP contribution < -0.4 is 16.0 Å². The van der Waals surface area contributed by atoms with E-state index < -0.39 is 264 Å². The van der Waals surface area contributed by atoms with Crippen molar-refractivity contribution in [1.29, 1.82) is 0 Å². The van der Waals surface area contributed by atoms with Crippen LogP contribution in [0.25, 0.3) is 0 Å². The predicted molar refractivity (Wildman–Crippen MR) is 262 cm³/mol. The van der Waals surface area contributed by atoms with Gasteiger partial charge in [0, 0.05) is 27.2 Å². The van der Waals surface area contributed by atoms with Crippen LogP contribution in [0.5, 0.6) is 0 Å². The average molecular weight is 1270 g/mol. The van der Waals surface area contributed by atoms with E-state index in [0.29, 0.717) is 0 Å². The van der Waals surface area contributed by atoms with E-state index in [-0.39, 0.29) is 0 Å². The number of carboxylic acid groups (broad SMARTS) is 1. The van der Waals surface area contributed by atoms with Gasteiger partial charge in [0.15, 0.2) is 25.2 Å². The molecule has 85 heavy (non-hydrogen) atoms. The van der Waals surface area contributed by atoms with E-state index in [1.807, 2.05) is 0 Å². The number of carbonyl (C=O) groups is 4. The molecule has 5 aliphatic heterocycles. The smallest absolute Gasteiger partial charge is 0.397 e. The highest BCUT2D eigenvalue weighted by Crippen LogP contribution is 2.40. The fraction of sp³-hybridized carbons (Fsp3) is 0.911. The largest absolute Gasteiger partial charge is 0.477 e. The van der Waals surface area contributed by atoms with Crippen LogP contribution in [0.3, 0.4) is 0 Å². The molecule has 5 fully saturated rings. The minimum atomic E-state index is -5.59. The normalized spacial score (nSPS) is 41.3. The highest BCUT2D eigenvalue weighted by Gasteiger charge is 2.62. The summed E-state index contributed by atoms with van der Waals surface area (Å²) < 4.78 is 97.5. The number of carboxylic acids is 1. The standard InChI is InChI=1S/C45H77N3O36S/c1-12-25(60)30(65)31(66)41(75-12)81-37-24(48-15(4)56)40(82-38-28(63)20(9-52)76-42(32(38)67)79-34(26(61)18(58)7-50)16(6-49)46-13(2)54)78-22(11-74-85(71,72)73)35(37)80-43-33(68)39(29(64)21(10-53)77-43)84-45(44(69)70)5-17(57)23(47-14(3)55)36(83-45)27(62)19(59)8-51/h12,16-43,49-53,57-68H,5-11H2,1-4H3,(H,46,54)(H,47,55)(H,48,56)(H,69,70)(H,71,72,73)/t12-,16-,17-,18+,19+,20+,21+,22+,23+,24+,25+,26-,27+,28-,29-,30+,31-,32+,33+,34+,35+,36+,37+,38-,39-,40-,41-,42-,43-,45-/m0/s1. The molecule has 39 nitrogen and oxygen atoms in total. The highest BCUT2D eigenvalue weighted by atomic mass is 32.3. The van der Waals surface area contributed by atoms with Gasteiger partial charge in [-0.1, -0.05) is 0 Å². The molecule has 3 amide bonds. The third-order valence-corrected chi connectivity index (χ3v) is 14.9. The molecular weight excluding hydrogens is 1190 g/mol. The van der Waals surface area contributed by atoms with Gasteiger partial charge in [-0.2, -0.15) is 8.42 Å². The number of amides is 3. The summed E-state index contributed by atoms with van der Waals surface area (Å²) in [4.78, 5) is 50.8. The molecule has 0 unspecified atom stereocenters. The molecule has 0 aliphatic carbocycles. The molecule has 0 bridgehead atoms. The van der Waals surface area contributed by atoms with Gasteiger partial charge in [-0.3, -0.25) is 18.9 Å². The number of hydrogen-bond acceptors (Lipinski definition) is 34. The Bertz CT molecular complexity index is 2290. The molecule has 5 aliphatic rings. The van der Waals surface area contributed by atoms with Gasteiger partial charge in [-0.25, -0.2) is 8.98 Å². The van der Waals surface area contributed by atoms with Crippen molar-refractivity contribution in [3.8, 4) is 0 Å². The summed E-state index contributed by atoms with van der Waals surface area (Å²) in [5, 5.41) is 202. The van der Waals surface area contributed by atoms with E-state index in [2.05, 4.69) is 20.1 Å². The molecule has 40 heteroatoms. The number of aliphatic hydroxyl groups excluding tert-OH is 17. The SMILES string of the molecule is CC(=O)N[C@H]1[C@H](O[C@H]2[C@@H](O)[C@@H](CO)O[C@@H](O[C@@H]([C@@H](O)[C@H](O)CO)[C@H](CO)NC(C)=O)[C@@H]2O)O[C@H](COS(=O)(=O)O)[C@@H](O[C@@H]2O[C@H](CO)[C@H](O)[C@H](O[C@]3(C(=O)O)C[C@H](O)[C@@H](NC(C)=O)[C@H]([C@H](O)[C@H](O)CO)O3)[C@H]2O)[C@@H]1O[C@@H]1O[C@@H](C)[C@@H](O)[C@@H](O)[C@@H]1O. The first kappa shape index (κ1) is 72.4. The van der Waals surface area contributed by atoms with Crippen molar-refractivity contribution in [1.82, 2.24) is 16.0 Å². The van der Waals surface area contributed by atoms with E-state index in [0.717, 1.165) is 20.8 Å². The van der Waals surface area contributed by atoms with Gasteiger partial charge < -0.3 is 155 Å². The highest BCUT2D eigenvalue weighted by molar-refractivity contribution is 7.80. The van der Waals surface area contributed by atoms with Crippen molar-refractivity contribution in [2.45, 2.75) is 217 Å². The van der Waals surface area contributed by atoms with Crippen molar-refractivity contribution in [2.75, 3.05) is 39.6 Å². The van der Waals surface area contributed by atoms with Crippen LogP contribution in [-0.4, -0.2) is 352 Å². The topological polar surface area (TPSA) is 624 Å². The molecule has 0 aromatic heterocycles. The second-order valence-electron chi connectivity index (χ2n) is 20.7.